The molecule has 0 fully saturated rings. The van der Waals surface area contributed by atoms with Crippen molar-refractivity contribution >= 4 is 11.3 Å². The van der Waals surface area contributed by atoms with Crippen molar-refractivity contribution in [1.29, 1.82) is 0 Å². The van der Waals surface area contributed by atoms with Gasteiger partial charge in [-0.1, -0.05) is 39.5 Å². The summed E-state index contributed by atoms with van der Waals surface area (Å²) >= 11 is 1.69. The highest BCUT2D eigenvalue weighted by atomic mass is 32.1. The largest absolute Gasteiger partial charge is 0.481 e. The number of hydrogen-bond acceptors (Lipinski definition) is 2. The van der Waals surface area contributed by atoms with Crippen molar-refractivity contribution in [2.45, 2.75) is 64.9 Å². The lowest BCUT2D eigenvalue weighted by Gasteiger charge is -2.15. The second-order valence-corrected chi connectivity index (χ2v) is 5.19. The first kappa shape index (κ1) is 13.6. The van der Waals surface area contributed by atoms with Gasteiger partial charge in [-0.25, -0.2) is 0 Å². The second-order valence-electron chi connectivity index (χ2n) is 4.28. The van der Waals surface area contributed by atoms with E-state index in [-0.39, 0.29) is 0 Å². The standard InChI is InChI=1S/C14H24OS/c1-3-5-6-7-8-10-13(4-2)15-14-11-9-12-16-14/h9,11-13H,3-8,10H2,1-2H3. The molecule has 0 aliphatic carbocycles. The van der Waals surface area contributed by atoms with Crippen LogP contribution < -0.4 is 4.74 Å². The van der Waals surface area contributed by atoms with Crippen molar-refractivity contribution in [1.82, 2.24) is 0 Å². The van der Waals surface area contributed by atoms with E-state index < -0.39 is 0 Å². The van der Waals surface area contributed by atoms with E-state index in [4.69, 9.17) is 4.74 Å². The van der Waals surface area contributed by atoms with E-state index in [1.807, 2.05) is 6.07 Å². The molecule has 1 nitrogen and oxygen atoms in total. The molecular weight excluding hydrogens is 216 g/mol. The number of hydrogen-bond donors (Lipinski definition) is 0. The smallest absolute Gasteiger partial charge is 0.174 e. The van der Waals surface area contributed by atoms with Crippen LogP contribution in [0.25, 0.3) is 0 Å². The molecule has 0 spiro atoms. The summed E-state index contributed by atoms with van der Waals surface area (Å²) in [5.74, 6) is 0. The minimum Gasteiger partial charge on any atom is -0.481 e. The van der Waals surface area contributed by atoms with Crippen LogP contribution in [0.15, 0.2) is 17.5 Å². The van der Waals surface area contributed by atoms with Crippen molar-refractivity contribution in [2.24, 2.45) is 0 Å². The van der Waals surface area contributed by atoms with Gasteiger partial charge < -0.3 is 4.74 Å². The summed E-state index contributed by atoms with van der Waals surface area (Å²) in [7, 11) is 0. The fourth-order valence-corrected chi connectivity index (χ4v) is 2.46. The second kappa shape index (κ2) is 8.63. The van der Waals surface area contributed by atoms with Crippen molar-refractivity contribution in [3.63, 3.8) is 0 Å². The maximum absolute atomic E-state index is 5.93. The molecule has 0 aromatic carbocycles. The molecule has 1 unspecified atom stereocenters. The van der Waals surface area contributed by atoms with Crippen LogP contribution in [0, 0.1) is 0 Å². The summed E-state index contributed by atoms with van der Waals surface area (Å²) < 4.78 is 5.93. The topological polar surface area (TPSA) is 9.23 Å². The Bertz CT molecular complexity index is 243. The van der Waals surface area contributed by atoms with Gasteiger partial charge in [0.25, 0.3) is 0 Å². The average Bonchev–Trinajstić information content (AvgIpc) is 2.80. The molecule has 0 N–H and O–H groups in total. The molecule has 0 radical (unpaired) electrons. The van der Waals surface area contributed by atoms with Crippen molar-refractivity contribution in [3.8, 4) is 5.06 Å². The third-order valence-electron chi connectivity index (χ3n) is 2.86. The van der Waals surface area contributed by atoms with Crippen LogP contribution in [0.1, 0.15) is 58.8 Å². The molecule has 0 bridgehead atoms. The summed E-state index contributed by atoms with van der Waals surface area (Å²) in [6.45, 7) is 4.47. The first-order chi connectivity index (χ1) is 7.86. The molecule has 0 amide bonds. The predicted octanol–water partition coefficient (Wildman–Crippen LogP) is 5.27. The van der Waals surface area contributed by atoms with Gasteiger partial charge in [-0.05, 0) is 36.8 Å². The van der Waals surface area contributed by atoms with Crippen LogP contribution in [0.4, 0.5) is 0 Å². The SMILES string of the molecule is CCCCCCCC(CC)Oc1cccs1. The Labute approximate surface area is 104 Å². The van der Waals surface area contributed by atoms with Gasteiger partial charge in [0.2, 0.25) is 0 Å². The van der Waals surface area contributed by atoms with Gasteiger partial charge in [-0.15, -0.1) is 11.3 Å². The highest BCUT2D eigenvalue weighted by Gasteiger charge is 2.08. The number of rotatable bonds is 9. The average molecular weight is 240 g/mol. The number of unbranched alkanes of at least 4 members (excludes halogenated alkanes) is 4. The molecule has 16 heavy (non-hydrogen) atoms. The number of thiophene rings is 1. The quantitative estimate of drug-likeness (QED) is 0.534. The van der Waals surface area contributed by atoms with Crippen molar-refractivity contribution in [3.05, 3.63) is 17.5 Å². The molecule has 0 aliphatic rings. The van der Waals surface area contributed by atoms with Crippen LogP contribution >= 0.6 is 11.3 Å². The summed E-state index contributed by atoms with van der Waals surface area (Å²) in [5.41, 5.74) is 0. The lowest BCUT2D eigenvalue weighted by Crippen LogP contribution is -2.14. The Hall–Kier alpha value is -0.500. The molecule has 0 aliphatic heterocycles. The lowest BCUT2D eigenvalue weighted by molar-refractivity contribution is 0.188. The van der Waals surface area contributed by atoms with Crippen LogP contribution in [0.2, 0.25) is 0 Å². The van der Waals surface area contributed by atoms with Crippen LogP contribution in [-0.2, 0) is 0 Å². The third-order valence-corrected chi connectivity index (χ3v) is 3.62. The van der Waals surface area contributed by atoms with Gasteiger partial charge in [-0.2, -0.15) is 0 Å². The molecule has 1 aromatic heterocycles. The fraction of sp³-hybridized carbons (Fsp3) is 0.714. The Kier molecular flexibility index (Phi) is 7.32. The monoisotopic (exact) mass is 240 g/mol. The minimum atomic E-state index is 0.417. The van der Waals surface area contributed by atoms with Crippen LogP contribution in [-0.4, -0.2) is 6.10 Å². The first-order valence-corrected chi connectivity index (χ1v) is 7.45. The maximum atomic E-state index is 5.93. The van der Waals surface area contributed by atoms with Gasteiger partial charge in [-0.3, -0.25) is 0 Å². The summed E-state index contributed by atoms with van der Waals surface area (Å²) in [5, 5.41) is 3.14. The van der Waals surface area contributed by atoms with Gasteiger partial charge in [0.05, 0.1) is 6.10 Å². The molecule has 1 heterocycles. The molecule has 92 valence electrons. The van der Waals surface area contributed by atoms with Gasteiger partial charge in [0.15, 0.2) is 5.06 Å². The van der Waals surface area contributed by atoms with Gasteiger partial charge in [0.1, 0.15) is 0 Å². The summed E-state index contributed by atoms with van der Waals surface area (Å²) in [6.07, 6.45) is 9.49. The highest BCUT2D eigenvalue weighted by Crippen LogP contribution is 2.22. The summed E-state index contributed by atoms with van der Waals surface area (Å²) in [6, 6.07) is 4.11. The van der Waals surface area contributed by atoms with E-state index in [0.717, 1.165) is 11.5 Å². The molecule has 1 rings (SSSR count). The molecule has 0 saturated heterocycles. The molecule has 0 saturated carbocycles. The summed E-state index contributed by atoms with van der Waals surface area (Å²) in [4.78, 5) is 0. The Morgan fingerprint density at radius 3 is 2.62 bits per heavy atom. The number of ether oxygens (including phenoxy) is 1. The predicted molar refractivity (Wildman–Crippen MR) is 72.4 cm³/mol. The molecule has 1 aromatic rings. The Balaban J connectivity index is 2.12. The van der Waals surface area contributed by atoms with Crippen LogP contribution in [0.3, 0.4) is 0 Å². The van der Waals surface area contributed by atoms with Crippen molar-refractivity contribution in [2.75, 3.05) is 0 Å². The molecular formula is C14H24OS. The maximum Gasteiger partial charge on any atom is 0.174 e. The lowest BCUT2D eigenvalue weighted by atomic mass is 10.1. The Morgan fingerprint density at radius 2 is 2.00 bits per heavy atom. The zero-order valence-electron chi connectivity index (χ0n) is 10.6. The van der Waals surface area contributed by atoms with Gasteiger partial charge >= 0.3 is 0 Å². The zero-order valence-corrected chi connectivity index (χ0v) is 11.4. The van der Waals surface area contributed by atoms with E-state index in [2.05, 4.69) is 25.3 Å². The van der Waals surface area contributed by atoms with Gasteiger partial charge in [0, 0.05) is 0 Å². The fourth-order valence-electron chi connectivity index (χ4n) is 1.82. The zero-order chi connectivity index (χ0) is 11.6. The molecule has 1 atom stereocenters. The van der Waals surface area contributed by atoms with E-state index in [1.165, 1.54) is 38.5 Å². The van der Waals surface area contributed by atoms with E-state index in [9.17, 15) is 0 Å². The highest BCUT2D eigenvalue weighted by molar-refractivity contribution is 7.11. The van der Waals surface area contributed by atoms with Crippen LogP contribution in [0.5, 0.6) is 5.06 Å². The van der Waals surface area contributed by atoms with E-state index in [0.29, 0.717) is 6.10 Å². The van der Waals surface area contributed by atoms with E-state index >= 15 is 0 Å². The Morgan fingerprint density at radius 1 is 1.19 bits per heavy atom. The normalized spacial score (nSPS) is 12.6. The third kappa shape index (κ3) is 5.55. The first-order valence-electron chi connectivity index (χ1n) is 6.57. The minimum absolute atomic E-state index is 0.417. The van der Waals surface area contributed by atoms with E-state index in [1.54, 1.807) is 11.3 Å². The molecule has 2 heteroatoms. The van der Waals surface area contributed by atoms with Crippen molar-refractivity contribution < 1.29 is 4.74 Å².